The Hall–Kier alpha value is -3.60. The van der Waals surface area contributed by atoms with Gasteiger partial charge < -0.3 is 14.8 Å². The molecule has 0 atom stereocenters. The first-order valence-electron chi connectivity index (χ1n) is 10.6. The maximum Gasteiger partial charge on any atom is 0.249 e. The number of ether oxygens (including phenoxy) is 2. The summed E-state index contributed by atoms with van der Waals surface area (Å²) in [6.07, 6.45) is 3.97. The van der Waals surface area contributed by atoms with Crippen molar-refractivity contribution in [1.82, 2.24) is 4.90 Å². The van der Waals surface area contributed by atoms with Crippen molar-refractivity contribution < 1.29 is 14.3 Å². The second-order valence-electron chi connectivity index (χ2n) is 7.70. The molecular weight excluding hydrogens is 434 g/mol. The van der Waals surface area contributed by atoms with Crippen LogP contribution in [-0.2, 0) is 24.3 Å². The number of carbonyl (C=O) groups excluding carboxylic acids is 1. The van der Waals surface area contributed by atoms with Gasteiger partial charge in [0.05, 0.1) is 19.8 Å². The lowest BCUT2D eigenvalue weighted by molar-refractivity contribution is -0.111. The summed E-state index contributed by atoms with van der Waals surface area (Å²) in [6, 6.07) is 18.1. The van der Waals surface area contributed by atoms with Crippen LogP contribution in [0.4, 0.5) is 5.00 Å². The van der Waals surface area contributed by atoms with E-state index in [0.717, 1.165) is 42.1 Å². The SMILES string of the molecule is COc1ccc(/C=C/C(=O)Nc2sc3c(c2C#N)CCN(Cc2ccccc2)C3)cc1OC. The van der Waals surface area contributed by atoms with E-state index in [1.807, 2.05) is 24.3 Å². The molecule has 0 bridgehead atoms. The first-order chi connectivity index (χ1) is 16.1. The Morgan fingerprint density at radius 1 is 1.18 bits per heavy atom. The summed E-state index contributed by atoms with van der Waals surface area (Å²) in [7, 11) is 3.15. The number of nitriles is 1. The Bertz CT molecular complexity index is 1210. The molecule has 0 unspecified atom stereocenters. The van der Waals surface area contributed by atoms with Crippen molar-refractivity contribution in [3.63, 3.8) is 0 Å². The van der Waals surface area contributed by atoms with Gasteiger partial charge in [0, 0.05) is 30.6 Å². The van der Waals surface area contributed by atoms with Crippen molar-refractivity contribution in [3.05, 3.63) is 81.7 Å². The Morgan fingerprint density at radius 3 is 2.70 bits per heavy atom. The molecule has 0 saturated carbocycles. The molecule has 33 heavy (non-hydrogen) atoms. The van der Waals surface area contributed by atoms with Crippen molar-refractivity contribution >= 4 is 28.3 Å². The van der Waals surface area contributed by atoms with Gasteiger partial charge in [0.2, 0.25) is 5.91 Å². The Labute approximate surface area is 197 Å². The zero-order valence-electron chi connectivity index (χ0n) is 18.6. The lowest BCUT2D eigenvalue weighted by Gasteiger charge is -2.26. The maximum atomic E-state index is 12.6. The minimum absolute atomic E-state index is 0.277. The van der Waals surface area contributed by atoms with Gasteiger partial charge >= 0.3 is 0 Å². The molecule has 0 spiro atoms. The average molecular weight is 460 g/mol. The van der Waals surface area contributed by atoms with Crippen molar-refractivity contribution in [1.29, 1.82) is 5.26 Å². The molecule has 2 heterocycles. The van der Waals surface area contributed by atoms with Gasteiger partial charge in [0.25, 0.3) is 0 Å². The van der Waals surface area contributed by atoms with Crippen LogP contribution in [0, 0.1) is 11.3 Å². The van der Waals surface area contributed by atoms with Crippen LogP contribution in [0.3, 0.4) is 0 Å². The number of thiophene rings is 1. The summed E-state index contributed by atoms with van der Waals surface area (Å²) < 4.78 is 10.5. The second kappa shape index (κ2) is 10.3. The molecule has 4 rings (SSSR count). The van der Waals surface area contributed by atoms with Crippen LogP contribution in [0.1, 0.15) is 27.1 Å². The number of hydrogen-bond acceptors (Lipinski definition) is 6. The average Bonchev–Trinajstić information content (AvgIpc) is 3.19. The minimum atomic E-state index is -0.277. The van der Waals surface area contributed by atoms with Gasteiger partial charge in [-0.2, -0.15) is 5.26 Å². The number of nitrogens with one attached hydrogen (secondary N) is 1. The standard InChI is InChI=1S/C26H25N3O3S/c1-31-22-10-8-18(14-23(22)32-2)9-11-25(30)28-26-21(15-27)20-12-13-29(17-24(20)33-26)16-19-6-4-3-5-7-19/h3-11,14H,12-13,16-17H2,1-2H3,(H,28,30)/b11-9+. The number of anilines is 1. The molecule has 0 aliphatic carbocycles. The molecule has 7 heteroatoms. The molecule has 168 valence electrons. The largest absolute Gasteiger partial charge is 0.493 e. The predicted molar refractivity (Wildman–Crippen MR) is 131 cm³/mol. The fourth-order valence-corrected chi connectivity index (χ4v) is 5.16. The third-order valence-corrected chi connectivity index (χ3v) is 6.70. The van der Waals surface area contributed by atoms with Crippen LogP contribution < -0.4 is 14.8 Å². The zero-order valence-corrected chi connectivity index (χ0v) is 19.4. The van der Waals surface area contributed by atoms with E-state index in [1.165, 1.54) is 23.0 Å². The number of carbonyl (C=O) groups is 1. The molecule has 0 radical (unpaired) electrons. The van der Waals surface area contributed by atoms with E-state index in [-0.39, 0.29) is 5.91 Å². The topological polar surface area (TPSA) is 74.6 Å². The molecule has 1 aliphatic heterocycles. The first kappa shape index (κ1) is 22.6. The summed E-state index contributed by atoms with van der Waals surface area (Å²) in [5.74, 6) is 0.946. The van der Waals surface area contributed by atoms with Gasteiger partial charge in [0.15, 0.2) is 11.5 Å². The van der Waals surface area contributed by atoms with Crippen molar-refractivity contribution in [3.8, 4) is 17.6 Å². The lowest BCUT2D eigenvalue weighted by Crippen LogP contribution is -2.29. The molecule has 1 aliphatic rings. The summed E-state index contributed by atoms with van der Waals surface area (Å²) in [5.41, 5.74) is 3.73. The van der Waals surface area contributed by atoms with Crippen LogP contribution in [0.5, 0.6) is 11.5 Å². The Kier molecular flexibility index (Phi) is 7.08. The van der Waals surface area contributed by atoms with Crippen LogP contribution in [0.2, 0.25) is 0 Å². The van der Waals surface area contributed by atoms with E-state index in [1.54, 1.807) is 32.4 Å². The number of rotatable bonds is 7. The maximum absolute atomic E-state index is 12.6. The highest BCUT2D eigenvalue weighted by atomic mass is 32.1. The van der Waals surface area contributed by atoms with Crippen molar-refractivity contribution in [2.75, 3.05) is 26.1 Å². The Morgan fingerprint density at radius 2 is 1.97 bits per heavy atom. The van der Waals surface area contributed by atoms with E-state index in [4.69, 9.17) is 9.47 Å². The summed E-state index contributed by atoms with van der Waals surface area (Å²) in [6.45, 7) is 2.54. The van der Waals surface area contributed by atoms with E-state index in [9.17, 15) is 10.1 Å². The molecular formula is C26H25N3O3S. The van der Waals surface area contributed by atoms with Crippen LogP contribution >= 0.6 is 11.3 Å². The quantitative estimate of drug-likeness (QED) is 0.512. The molecule has 1 N–H and O–H groups in total. The van der Waals surface area contributed by atoms with Crippen LogP contribution in [0.15, 0.2) is 54.6 Å². The zero-order chi connectivity index (χ0) is 23.2. The third-order valence-electron chi connectivity index (χ3n) is 5.57. The lowest BCUT2D eigenvalue weighted by atomic mass is 10.0. The molecule has 1 aromatic heterocycles. The fraction of sp³-hybridized carbons (Fsp3) is 0.231. The number of benzene rings is 2. The number of amides is 1. The van der Waals surface area contributed by atoms with E-state index >= 15 is 0 Å². The predicted octanol–water partition coefficient (Wildman–Crippen LogP) is 4.85. The van der Waals surface area contributed by atoms with E-state index < -0.39 is 0 Å². The molecule has 3 aromatic rings. The highest BCUT2D eigenvalue weighted by Gasteiger charge is 2.25. The third kappa shape index (κ3) is 5.25. The normalized spacial score (nSPS) is 13.4. The van der Waals surface area contributed by atoms with Gasteiger partial charge in [-0.3, -0.25) is 9.69 Å². The second-order valence-corrected chi connectivity index (χ2v) is 8.81. The van der Waals surface area contributed by atoms with E-state index in [0.29, 0.717) is 22.1 Å². The number of nitrogens with zero attached hydrogens (tertiary/aromatic N) is 2. The van der Waals surface area contributed by atoms with Gasteiger partial charge in [-0.05, 0) is 41.3 Å². The van der Waals surface area contributed by atoms with E-state index in [2.05, 4.69) is 28.4 Å². The van der Waals surface area contributed by atoms with Crippen molar-refractivity contribution in [2.24, 2.45) is 0 Å². The van der Waals surface area contributed by atoms with Gasteiger partial charge in [0.1, 0.15) is 11.1 Å². The monoisotopic (exact) mass is 459 g/mol. The smallest absolute Gasteiger partial charge is 0.249 e. The molecule has 0 saturated heterocycles. The summed E-state index contributed by atoms with van der Waals surface area (Å²) in [4.78, 5) is 16.1. The summed E-state index contributed by atoms with van der Waals surface area (Å²) >= 11 is 1.50. The van der Waals surface area contributed by atoms with Crippen LogP contribution in [-0.4, -0.2) is 31.6 Å². The highest BCUT2D eigenvalue weighted by molar-refractivity contribution is 7.16. The molecule has 2 aromatic carbocycles. The first-order valence-corrected chi connectivity index (χ1v) is 11.4. The van der Waals surface area contributed by atoms with Crippen LogP contribution in [0.25, 0.3) is 6.08 Å². The van der Waals surface area contributed by atoms with Gasteiger partial charge in [-0.1, -0.05) is 36.4 Å². The number of fused-ring (bicyclic) bond motifs is 1. The highest BCUT2D eigenvalue weighted by Crippen LogP contribution is 2.37. The minimum Gasteiger partial charge on any atom is -0.493 e. The van der Waals surface area contributed by atoms with Gasteiger partial charge in [-0.15, -0.1) is 11.3 Å². The number of hydrogen-bond donors (Lipinski definition) is 1. The van der Waals surface area contributed by atoms with Gasteiger partial charge in [-0.25, -0.2) is 0 Å². The molecule has 1 amide bonds. The van der Waals surface area contributed by atoms with Crippen molar-refractivity contribution in [2.45, 2.75) is 19.5 Å². The molecule has 6 nitrogen and oxygen atoms in total. The number of methoxy groups -OCH3 is 2. The summed E-state index contributed by atoms with van der Waals surface area (Å²) in [5, 5.41) is 13.3. The molecule has 0 fully saturated rings. The fourth-order valence-electron chi connectivity index (χ4n) is 3.92. The Balaban J connectivity index is 1.45.